The molecule has 41 heavy (non-hydrogen) atoms. The van der Waals surface area contributed by atoms with Crippen molar-refractivity contribution in [2.75, 3.05) is 6.61 Å². The summed E-state index contributed by atoms with van der Waals surface area (Å²) in [7, 11) is 0. The molecule has 212 valence electrons. The van der Waals surface area contributed by atoms with Crippen molar-refractivity contribution in [1.29, 1.82) is 0 Å². The number of hydrogen-bond acceptors (Lipinski definition) is 12. The molecule has 0 radical (unpaired) electrons. The highest BCUT2D eigenvalue weighted by Crippen LogP contribution is 2.31. The average molecular weight is 562 g/mol. The SMILES string of the molecule is CC(=O)OC[C@@H](OC(C)=O)[C@H](OC(C)=O)[C@@H](OC(C)=O)c1nnc2nc(-c3ccccc3)c(-c3ccccc3)nn12. The molecule has 0 spiro atoms. The van der Waals surface area contributed by atoms with Gasteiger partial charge in [0.15, 0.2) is 12.2 Å². The minimum absolute atomic E-state index is 0.0567. The summed E-state index contributed by atoms with van der Waals surface area (Å²) in [6.07, 6.45) is -4.36. The summed E-state index contributed by atoms with van der Waals surface area (Å²) in [4.78, 5) is 52.6. The van der Waals surface area contributed by atoms with E-state index in [-0.39, 0.29) is 11.6 Å². The minimum Gasteiger partial charge on any atom is -0.462 e. The lowest BCUT2D eigenvalue weighted by molar-refractivity contribution is -0.190. The third-order valence-corrected chi connectivity index (χ3v) is 5.66. The summed E-state index contributed by atoms with van der Waals surface area (Å²) in [6.45, 7) is 4.05. The predicted molar refractivity (Wildman–Crippen MR) is 142 cm³/mol. The first kappa shape index (κ1) is 28.8. The normalized spacial score (nSPS) is 13.1. The second-order valence-corrected chi connectivity index (χ2v) is 8.87. The maximum Gasteiger partial charge on any atom is 0.303 e. The van der Waals surface area contributed by atoms with E-state index in [0.717, 1.165) is 38.8 Å². The van der Waals surface area contributed by atoms with Gasteiger partial charge in [-0.2, -0.15) is 9.61 Å². The molecule has 0 unspecified atom stereocenters. The van der Waals surface area contributed by atoms with Crippen LogP contribution < -0.4 is 0 Å². The number of hydrogen-bond donors (Lipinski definition) is 0. The van der Waals surface area contributed by atoms with E-state index in [1.54, 1.807) is 0 Å². The second kappa shape index (κ2) is 12.8. The number of esters is 4. The van der Waals surface area contributed by atoms with Crippen molar-refractivity contribution in [2.24, 2.45) is 0 Å². The van der Waals surface area contributed by atoms with E-state index in [1.807, 2.05) is 60.7 Å². The number of rotatable bonds is 10. The highest BCUT2D eigenvalue weighted by Gasteiger charge is 2.42. The van der Waals surface area contributed by atoms with Crippen LogP contribution in [0.1, 0.15) is 39.6 Å². The van der Waals surface area contributed by atoms with Crippen LogP contribution in [0.2, 0.25) is 0 Å². The Hall–Kier alpha value is -5.20. The second-order valence-electron chi connectivity index (χ2n) is 8.87. The molecule has 4 aromatic rings. The summed E-state index contributed by atoms with van der Waals surface area (Å²) in [5.74, 6) is -3.01. The summed E-state index contributed by atoms with van der Waals surface area (Å²) >= 11 is 0. The van der Waals surface area contributed by atoms with Gasteiger partial charge in [-0.1, -0.05) is 60.7 Å². The van der Waals surface area contributed by atoms with Crippen LogP contribution in [0.15, 0.2) is 60.7 Å². The van der Waals surface area contributed by atoms with Gasteiger partial charge in [0.1, 0.15) is 18.0 Å². The van der Waals surface area contributed by atoms with E-state index in [0.29, 0.717) is 11.4 Å². The Bertz CT molecular complexity index is 1560. The number of carbonyl (C=O) groups is 4. The first-order valence-corrected chi connectivity index (χ1v) is 12.5. The molecular formula is C28H27N5O8. The number of carbonyl (C=O) groups excluding carboxylic acids is 4. The Morgan fingerprint density at radius 3 is 1.80 bits per heavy atom. The Labute approximate surface area is 234 Å². The maximum absolute atomic E-state index is 12.3. The molecule has 0 amide bonds. The van der Waals surface area contributed by atoms with Crippen LogP contribution in [-0.2, 0) is 38.1 Å². The molecule has 13 nitrogen and oxygen atoms in total. The molecule has 0 bridgehead atoms. The van der Waals surface area contributed by atoms with Crippen LogP contribution in [0.25, 0.3) is 28.3 Å². The topological polar surface area (TPSA) is 161 Å². The van der Waals surface area contributed by atoms with Crippen molar-refractivity contribution < 1.29 is 38.1 Å². The van der Waals surface area contributed by atoms with E-state index >= 15 is 0 Å². The average Bonchev–Trinajstić information content (AvgIpc) is 3.35. The zero-order valence-electron chi connectivity index (χ0n) is 22.7. The molecule has 0 saturated carbocycles. The predicted octanol–water partition coefficient (Wildman–Crippen LogP) is 2.88. The first-order valence-electron chi connectivity index (χ1n) is 12.5. The van der Waals surface area contributed by atoms with E-state index in [1.165, 1.54) is 4.52 Å². The number of nitrogens with zero attached hydrogens (tertiary/aromatic N) is 5. The lowest BCUT2D eigenvalue weighted by atomic mass is 10.0. The van der Waals surface area contributed by atoms with Crippen LogP contribution >= 0.6 is 0 Å². The highest BCUT2D eigenvalue weighted by atomic mass is 16.6. The van der Waals surface area contributed by atoms with Crippen molar-refractivity contribution in [1.82, 2.24) is 24.8 Å². The monoisotopic (exact) mass is 561 g/mol. The van der Waals surface area contributed by atoms with Gasteiger partial charge in [0.2, 0.25) is 11.9 Å². The zero-order valence-corrected chi connectivity index (χ0v) is 22.7. The molecule has 0 N–H and O–H groups in total. The van der Waals surface area contributed by atoms with Crippen LogP contribution in [0.5, 0.6) is 0 Å². The van der Waals surface area contributed by atoms with Gasteiger partial charge in [-0.25, -0.2) is 4.98 Å². The Balaban J connectivity index is 1.92. The minimum atomic E-state index is -1.50. The number of benzene rings is 2. The standard InChI is InChI=1S/C28H27N5O8/c1-16(34)38-15-22(39-17(2)35)25(40-18(3)36)26(41-19(4)37)27-30-31-28-29-23(20-11-7-5-8-12-20)24(32-33(27)28)21-13-9-6-10-14-21/h5-14,22,25-26H,15H2,1-4H3/t22-,25+,26-/m1/s1. The lowest BCUT2D eigenvalue weighted by Gasteiger charge is -2.30. The molecule has 4 rings (SSSR count). The van der Waals surface area contributed by atoms with Gasteiger partial charge in [-0.15, -0.1) is 10.2 Å². The summed E-state index contributed by atoms with van der Waals surface area (Å²) < 4.78 is 22.7. The van der Waals surface area contributed by atoms with Gasteiger partial charge in [-0.3, -0.25) is 19.2 Å². The maximum atomic E-state index is 12.3. The molecule has 0 saturated heterocycles. The summed E-state index contributed by atoms with van der Waals surface area (Å²) in [6, 6.07) is 18.6. The van der Waals surface area contributed by atoms with Crippen LogP contribution in [0.3, 0.4) is 0 Å². The van der Waals surface area contributed by atoms with Crippen molar-refractivity contribution in [3.05, 3.63) is 66.5 Å². The van der Waals surface area contributed by atoms with Crippen molar-refractivity contribution in [2.45, 2.75) is 46.0 Å². The largest absolute Gasteiger partial charge is 0.462 e. The Morgan fingerprint density at radius 2 is 1.27 bits per heavy atom. The molecule has 0 aliphatic heterocycles. The van der Waals surface area contributed by atoms with Gasteiger partial charge >= 0.3 is 23.9 Å². The lowest BCUT2D eigenvalue weighted by Crippen LogP contribution is -2.44. The van der Waals surface area contributed by atoms with Gasteiger partial charge < -0.3 is 18.9 Å². The Kier molecular flexibility index (Phi) is 8.97. The van der Waals surface area contributed by atoms with Gasteiger partial charge in [0, 0.05) is 38.8 Å². The third kappa shape index (κ3) is 7.06. The first-order chi connectivity index (χ1) is 19.6. The summed E-state index contributed by atoms with van der Waals surface area (Å²) in [5.41, 5.74) is 2.49. The fraction of sp³-hybridized carbons (Fsp3) is 0.286. The molecule has 0 fully saturated rings. The van der Waals surface area contributed by atoms with Crippen molar-refractivity contribution >= 4 is 29.7 Å². The van der Waals surface area contributed by atoms with E-state index < -0.39 is 48.8 Å². The molecule has 2 aromatic heterocycles. The molecule has 13 heteroatoms. The number of ether oxygens (including phenoxy) is 4. The Morgan fingerprint density at radius 1 is 0.707 bits per heavy atom. The van der Waals surface area contributed by atoms with Crippen molar-refractivity contribution in [3.8, 4) is 22.5 Å². The van der Waals surface area contributed by atoms with Gasteiger partial charge in [0.25, 0.3) is 5.78 Å². The molecular weight excluding hydrogens is 534 g/mol. The van der Waals surface area contributed by atoms with E-state index in [9.17, 15) is 19.2 Å². The van der Waals surface area contributed by atoms with Crippen LogP contribution in [0.4, 0.5) is 0 Å². The van der Waals surface area contributed by atoms with Gasteiger partial charge in [-0.05, 0) is 0 Å². The zero-order chi connectivity index (χ0) is 29.5. The fourth-order valence-electron chi connectivity index (χ4n) is 4.09. The quantitative estimate of drug-likeness (QED) is 0.206. The van der Waals surface area contributed by atoms with E-state index in [2.05, 4.69) is 10.2 Å². The van der Waals surface area contributed by atoms with Crippen LogP contribution in [-0.4, -0.2) is 67.5 Å². The summed E-state index contributed by atoms with van der Waals surface area (Å²) in [5, 5.41) is 13.1. The van der Waals surface area contributed by atoms with Crippen molar-refractivity contribution in [3.63, 3.8) is 0 Å². The molecule has 0 aliphatic carbocycles. The number of aromatic nitrogens is 5. The third-order valence-electron chi connectivity index (χ3n) is 5.66. The number of fused-ring (bicyclic) bond motifs is 1. The molecule has 0 aliphatic rings. The molecule has 3 atom stereocenters. The van der Waals surface area contributed by atoms with E-state index in [4.69, 9.17) is 29.0 Å². The molecule has 2 aromatic carbocycles. The van der Waals surface area contributed by atoms with Gasteiger partial charge in [0.05, 0.1) is 0 Å². The smallest absolute Gasteiger partial charge is 0.303 e. The highest BCUT2D eigenvalue weighted by molar-refractivity contribution is 5.78. The fourth-order valence-corrected chi connectivity index (χ4v) is 4.09. The molecule has 2 heterocycles. The van der Waals surface area contributed by atoms with Crippen LogP contribution in [0, 0.1) is 0 Å².